The van der Waals surface area contributed by atoms with Crippen molar-refractivity contribution in [2.75, 3.05) is 7.11 Å². The molecule has 0 saturated heterocycles. The highest BCUT2D eigenvalue weighted by molar-refractivity contribution is 6.30. The molecule has 3 heteroatoms. The zero-order valence-corrected chi connectivity index (χ0v) is 12.2. The van der Waals surface area contributed by atoms with Crippen molar-refractivity contribution in [2.24, 2.45) is 5.73 Å². The Morgan fingerprint density at radius 3 is 2.26 bits per heavy atom. The van der Waals surface area contributed by atoms with Gasteiger partial charge in [-0.05, 0) is 31.5 Å². The van der Waals surface area contributed by atoms with Crippen molar-refractivity contribution in [3.8, 4) is 5.75 Å². The Morgan fingerprint density at radius 1 is 1.05 bits per heavy atom. The van der Waals surface area contributed by atoms with Crippen molar-refractivity contribution in [3.63, 3.8) is 0 Å². The lowest BCUT2D eigenvalue weighted by atomic mass is 9.96. The summed E-state index contributed by atoms with van der Waals surface area (Å²) in [6.45, 7) is 4.14. The van der Waals surface area contributed by atoms with Gasteiger partial charge in [0.1, 0.15) is 5.75 Å². The van der Waals surface area contributed by atoms with Gasteiger partial charge >= 0.3 is 0 Å². The van der Waals surface area contributed by atoms with Crippen LogP contribution in [0.4, 0.5) is 0 Å². The smallest absolute Gasteiger partial charge is 0.125 e. The van der Waals surface area contributed by atoms with E-state index in [1.807, 2.05) is 12.1 Å². The third-order valence-corrected chi connectivity index (χ3v) is 3.37. The number of halogens is 1. The highest BCUT2D eigenvalue weighted by atomic mass is 35.5. The molecular weight excluding hydrogens is 258 g/mol. The summed E-state index contributed by atoms with van der Waals surface area (Å²) in [5.74, 6) is 0.721. The summed E-state index contributed by atoms with van der Waals surface area (Å²) in [7, 11) is 1.63. The lowest BCUT2D eigenvalue weighted by Gasteiger charge is -2.17. The molecule has 19 heavy (non-hydrogen) atoms. The van der Waals surface area contributed by atoms with E-state index in [1.165, 1.54) is 11.1 Å². The molecule has 1 unspecified atom stereocenters. The molecule has 2 aromatic rings. The largest absolute Gasteiger partial charge is 0.496 e. The minimum atomic E-state index is -0.217. The van der Waals surface area contributed by atoms with Crippen molar-refractivity contribution in [1.29, 1.82) is 0 Å². The topological polar surface area (TPSA) is 35.2 Å². The molecule has 2 nitrogen and oxygen atoms in total. The number of rotatable bonds is 3. The molecule has 2 rings (SSSR count). The first-order valence-electron chi connectivity index (χ1n) is 6.18. The third-order valence-electron chi connectivity index (χ3n) is 3.13. The quantitative estimate of drug-likeness (QED) is 0.918. The van der Waals surface area contributed by atoms with E-state index in [2.05, 4.69) is 32.0 Å². The Labute approximate surface area is 119 Å². The van der Waals surface area contributed by atoms with Gasteiger partial charge in [-0.1, -0.05) is 47.0 Å². The fourth-order valence-corrected chi connectivity index (χ4v) is 2.47. The summed E-state index contributed by atoms with van der Waals surface area (Å²) in [6, 6.07) is 11.7. The standard InChI is InChI=1S/C16H18ClNO/c1-10-6-11(2)8-12(7-10)16(18)14-5-4-13(17)9-15(14)19-3/h4-9,16H,18H2,1-3H3. The number of methoxy groups -OCH3 is 1. The van der Waals surface area contributed by atoms with Gasteiger partial charge in [-0.15, -0.1) is 0 Å². The summed E-state index contributed by atoms with van der Waals surface area (Å²) < 4.78 is 5.36. The molecule has 0 aromatic heterocycles. The molecule has 2 aromatic carbocycles. The van der Waals surface area contributed by atoms with Gasteiger partial charge in [0.2, 0.25) is 0 Å². The number of nitrogens with two attached hydrogens (primary N) is 1. The molecule has 100 valence electrons. The van der Waals surface area contributed by atoms with Crippen LogP contribution in [-0.2, 0) is 0 Å². The van der Waals surface area contributed by atoms with Crippen molar-refractivity contribution in [2.45, 2.75) is 19.9 Å². The van der Waals surface area contributed by atoms with Crippen LogP contribution < -0.4 is 10.5 Å². The van der Waals surface area contributed by atoms with Gasteiger partial charge in [0, 0.05) is 10.6 Å². The van der Waals surface area contributed by atoms with Crippen molar-refractivity contribution < 1.29 is 4.74 Å². The summed E-state index contributed by atoms with van der Waals surface area (Å²) in [5.41, 5.74) is 10.8. The van der Waals surface area contributed by atoms with Crippen molar-refractivity contribution >= 4 is 11.6 Å². The second-order valence-electron chi connectivity index (χ2n) is 4.78. The summed E-state index contributed by atoms with van der Waals surface area (Å²) in [4.78, 5) is 0. The Kier molecular flexibility index (Phi) is 4.13. The summed E-state index contributed by atoms with van der Waals surface area (Å²) in [5, 5.41) is 0.647. The van der Waals surface area contributed by atoms with Gasteiger partial charge in [0.05, 0.1) is 13.2 Å². The molecule has 0 aliphatic rings. The molecule has 2 N–H and O–H groups in total. The Hall–Kier alpha value is -1.51. The summed E-state index contributed by atoms with van der Waals surface area (Å²) >= 11 is 5.98. The van der Waals surface area contributed by atoms with Gasteiger partial charge in [-0.3, -0.25) is 0 Å². The minimum Gasteiger partial charge on any atom is -0.496 e. The SMILES string of the molecule is COc1cc(Cl)ccc1C(N)c1cc(C)cc(C)c1. The third kappa shape index (κ3) is 3.09. The van der Waals surface area contributed by atoms with Crippen LogP contribution in [0.2, 0.25) is 5.02 Å². The van der Waals surface area contributed by atoms with Crippen molar-refractivity contribution in [3.05, 3.63) is 63.7 Å². The summed E-state index contributed by atoms with van der Waals surface area (Å²) in [6.07, 6.45) is 0. The molecule has 0 saturated carbocycles. The predicted octanol–water partition coefficient (Wildman–Crippen LogP) is 4.01. The van der Waals surface area contributed by atoms with E-state index in [-0.39, 0.29) is 6.04 Å². The van der Waals surface area contributed by atoms with Crippen LogP contribution in [0.5, 0.6) is 5.75 Å². The zero-order chi connectivity index (χ0) is 14.0. The molecule has 0 radical (unpaired) electrons. The van der Waals surface area contributed by atoms with E-state index in [9.17, 15) is 0 Å². The van der Waals surface area contributed by atoms with E-state index in [0.717, 1.165) is 16.9 Å². The average Bonchev–Trinajstić information content (AvgIpc) is 2.36. The Morgan fingerprint density at radius 2 is 1.68 bits per heavy atom. The van der Waals surface area contributed by atoms with Gasteiger partial charge in [0.25, 0.3) is 0 Å². The number of hydrogen-bond donors (Lipinski definition) is 1. The van der Waals surface area contributed by atoms with Crippen molar-refractivity contribution in [1.82, 2.24) is 0 Å². The maximum Gasteiger partial charge on any atom is 0.125 e. The van der Waals surface area contributed by atoms with E-state index in [0.29, 0.717) is 5.02 Å². The lowest BCUT2D eigenvalue weighted by molar-refractivity contribution is 0.408. The van der Waals surface area contributed by atoms with Gasteiger partial charge in [0.15, 0.2) is 0 Å². The lowest BCUT2D eigenvalue weighted by Crippen LogP contribution is -2.13. The van der Waals surface area contributed by atoms with Crippen LogP contribution >= 0.6 is 11.6 Å². The molecule has 0 aliphatic heterocycles. The second kappa shape index (κ2) is 5.64. The van der Waals surface area contributed by atoms with Gasteiger partial charge < -0.3 is 10.5 Å². The highest BCUT2D eigenvalue weighted by Crippen LogP contribution is 2.31. The van der Waals surface area contributed by atoms with Crippen LogP contribution in [0.1, 0.15) is 28.3 Å². The van der Waals surface area contributed by atoms with E-state index >= 15 is 0 Å². The number of benzene rings is 2. The first-order chi connectivity index (χ1) is 9.01. The van der Waals surface area contributed by atoms with Crippen LogP contribution in [0, 0.1) is 13.8 Å². The molecule has 0 bridgehead atoms. The fourth-order valence-electron chi connectivity index (χ4n) is 2.31. The van der Waals surface area contributed by atoms with Crippen LogP contribution in [0.3, 0.4) is 0 Å². The number of hydrogen-bond acceptors (Lipinski definition) is 2. The number of ether oxygens (including phenoxy) is 1. The molecular formula is C16H18ClNO. The van der Waals surface area contributed by atoms with Crippen LogP contribution in [0.25, 0.3) is 0 Å². The average molecular weight is 276 g/mol. The molecule has 0 fully saturated rings. The van der Waals surface area contributed by atoms with Gasteiger partial charge in [-0.25, -0.2) is 0 Å². The maximum absolute atomic E-state index is 6.36. The van der Waals surface area contributed by atoms with Crippen LogP contribution in [0.15, 0.2) is 36.4 Å². The molecule has 0 aliphatic carbocycles. The molecule has 0 heterocycles. The molecule has 0 amide bonds. The van der Waals surface area contributed by atoms with Crippen LogP contribution in [-0.4, -0.2) is 7.11 Å². The Balaban J connectivity index is 2.46. The fraction of sp³-hybridized carbons (Fsp3) is 0.250. The minimum absolute atomic E-state index is 0.217. The first-order valence-corrected chi connectivity index (χ1v) is 6.56. The molecule has 0 spiro atoms. The monoisotopic (exact) mass is 275 g/mol. The Bertz CT molecular complexity index is 575. The normalized spacial score (nSPS) is 12.3. The van der Waals surface area contributed by atoms with Gasteiger partial charge in [-0.2, -0.15) is 0 Å². The van der Waals surface area contributed by atoms with E-state index in [4.69, 9.17) is 22.1 Å². The molecule has 1 atom stereocenters. The predicted molar refractivity (Wildman–Crippen MR) is 80.0 cm³/mol. The van der Waals surface area contributed by atoms with E-state index in [1.54, 1.807) is 13.2 Å². The first kappa shape index (κ1) is 13.9. The number of aryl methyl sites for hydroxylation is 2. The second-order valence-corrected chi connectivity index (χ2v) is 5.22. The highest BCUT2D eigenvalue weighted by Gasteiger charge is 2.15. The van der Waals surface area contributed by atoms with E-state index < -0.39 is 0 Å². The maximum atomic E-state index is 6.36. The zero-order valence-electron chi connectivity index (χ0n) is 11.4.